The fraction of sp³-hybridized carbons (Fsp3) is 0.647. The Bertz CT molecular complexity index is 796. The molecule has 1 saturated heterocycles. The van der Waals surface area contributed by atoms with Crippen LogP contribution in [0.5, 0.6) is 0 Å². The maximum atomic E-state index is 12.6. The maximum Gasteiger partial charge on any atom is 0.255 e. The minimum atomic E-state index is -3.21. The summed E-state index contributed by atoms with van der Waals surface area (Å²) in [5, 5.41) is 2.87. The van der Waals surface area contributed by atoms with Gasteiger partial charge in [0.2, 0.25) is 10.0 Å². The van der Waals surface area contributed by atoms with Crippen molar-refractivity contribution in [3.05, 3.63) is 22.6 Å². The Morgan fingerprint density at radius 2 is 2.08 bits per heavy atom. The third-order valence-corrected chi connectivity index (χ3v) is 6.24. The van der Waals surface area contributed by atoms with Gasteiger partial charge >= 0.3 is 0 Å². The van der Waals surface area contributed by atoms with Gasteiger partial charge in [-0.15, -0.1) is 0 Å². The van der Waals surface area contributed by atoms with Crippen LogP contribution < -0.4 is 5.32 Å². The predicted molar refractivity (Wildman–Crippen MR) is 92.2 cm³/mol. The molecule has 1 aliphatic carbocycles. The number of hydrogen-bond donors (Lipinski definition) is 1. The monoisotopic (exact) mass is 368 g/mol. The first-order valence-electron chi connectivity index (χ1n) is 8.66. The van der Waals surface area contributed by atoms with Crippen LogP contribution in [0.2, 0.25) is 0 Å². The molecule has 3 rings (SSSR count). The van der Waals surface area contributed by atoms with Gasteiger partial charge in [-0.05, 0) is 32.1 Å². The van der Waals surface area contributed by atoms with E-state index < -0.39 is 10.0 Å². The number of amides is 1. The van der Waals surface area contributed by atoms with Gasteiger partial charge in [0.25, 0.3) is 5.91 Å². The number of aryl methyl sites for hydroxylation is 2. The summed E-state index contributed by atoms with van der Waals surface area (Å²) in [4.78, 5) is 24.8. The highest BCUT2D eigenvalue weighted by molar-refractivity contribution is 7.88. The van der Waals surface area contributed by atoms with Crippen molar-refractivity contribution in [3.63, 3.8) is 0 Å². The van der Waals surface area contributed by atoms with Crippen LogP contribution in [0.4, 0.5) is 0 Å². The molecule has 0 radical (unpaired) electrons. The molecule has 0 saturated carbocycles. The number of nitrogens with zero attached hydrogens (tertiary/aromatic N) is 1. The van der Waals surface area contributed by atoms with Crippen molar-refractivity contribution < 1.29 is 22.4 Å². The van der Waals surface area contributed by atoms with E-state index >= 15 is 0 Å². The lowest BCUT2D eigenvalue weighted by atomic mass is 9.93. The third-order valence-electron chi connectivity index (χ3n) is 4.97. The smallest absolute Gasteiger partial charge is 0.255 e. The zero-order valence-corrected chi connectivity index (χ0v) is 15.4. The molecule has 138 valence electrons. The number of furan rings is 1. The molecule has 1 N–H and O–H groups in total. The van der Waals surface area contributed by atoms with Crippen LogP contribution >= 0.6 is 0 Å². The Hall–Kier alpha value is -1.67. The molecular weight excluding hydrogens is 344 g/mol. The van der Waals surface area contributed by atoms with Crippen LogP contribution in [-0.2, 0) is 16.4 Å². The van der Waals surface area contributed by atoms with Crippen molar-refractivity contribution in [2.24, 2.45) is 5.92 Å². The van der Waals surface area contributed by atoms with Crippen molar-refractivity contribution in [3.8, 4) is 0 Å². The van der Waals surface area contributed by atoms with Gasteiger partial charge in [0.15, 0.2) is 5.78 Å². The number of rotatable bonds is 4. The molecule has 0 unspecified atom stereocenters. The molecule has 1 aromatic heterocycles. The van der Waals surface area contributed by atoms with Crippen molar-refractivity contribution in [2.75, 3.05) is 25.9 Å². The fourth-order valence-electron chi connectivity index (χ4n) is 3.70. The molecular formula is C17H24N2O5S. The maximum absolute atomic E-state index is 12.6. The first kappa shape index (κ1) is 18.1. The lowest BCUT2D eigenvalue weighted by Gasteiger charge is -2.31. The molecule has 25 heavy (non-hydrogen) atoms. The summed E-state index contributed by atoms with van der Waals surface area (Å²) in [7, 11) is -3.21. The highest BCUT2D eigenvalue weighted by atomic mass is 32.2. The van der Waals surface area contributed by atoms with E-state index in [0.29, 0.717) is 55.1 Å². The lowest BCUT2D eigenvalue weighted by molar-refractivity contribution is 0.0919. The van der Waals surface area contributed by atoms with E-state index in [-0.39, 0.29) is 17.6 Å². The Balaban J connectivity index is 1.68. The van der Waals surface area contributed by atoms with Crippen molar-refractivity contribution in [1.29, 1.82) is 0 Å². The average molecular weight is 368 g/mol. The summed E-state index contributed by atoms with van der Waals surface area (Å²) >= 11 is 0. The first-order valence-corrected chi connectivity index (χ1v) is 10.5. The minimum absolute atomic E-state index is 0.0378. The molecule has 0 aromatic carbocycles. The number of nitrogens with one attached hydrogen (secondary N) is 1. The number of hydrogen-bond acceptors (Lipinski definition) is 5. The second-order valence-corrected chi connectivity index (χ2v) is 8.93. The molecule has 1 fully saturated rings. The largest absolute Gasteiger partial charge is 0.465 e. The molecule has 7 nitrogen and oxygen atoms in total. The molecule has 0 spiro atoms. The SMILES string of the molecule is Cc1oc2c(c1C(=O)NC[C@@H]1CCCN(S(C)(=O)=O)C1)C(=O)CCC2. The second kappa shape index (κ2) is 6.92. The van der Waals surface area contributed by atoms with E-state index in [4.69, 9.17) is 4.42 Å². The molecule has 8 heteroatoms. The van der Waals surface area contributed by atoms with E-state index in [0.717, 1.165) is 19.3 Å². The summed E-state index contributed by atoms with van der Waals surface area (Å²) in [5.41, 5.74) is 0.776. The number of sulfonamides is 1. The quantitative estimate of drug-likeness (QED) is 0.869. The highest BCUT2D eigenvalue weighted by Crippen LogP contribution is 2.29. The van der Waals surface area contributed by atoms with Gasteiger partial charge < -0.3 is 9.73 Å². The van der Waals surface area contributed by atoms with Gasteiger partial charge in [0.1, 0.15) is 11.5 Å². The van der Waals surface area contributed by atoms with Gasteiger partial charge in [-0.2, -0.15) is 0 Å². The number of carbonyl (C=O) groups is 2. The minimum Gasteiger partial charge on any atom is -0.465 e. The number of ketones is 1. The Morgan fingerprint density at radius 1 is 1.32 bits per heavy atom. The molecule has 2 heterocycles. The Morgan fingerprint density at radius 3 is 2.80 bits per heavy atom. The number of Topliss-reactive ketones (excluding diaryl/α,β-unsaturated/α-hetero) is 1. The lowest BCUT2D eigenvalue weighted by Crippen LogP contribution is -2.43. The number of piperidine rings is 1. The van der Waals surface area contributed by atoms with E-state index in [2.05, 4.69) is 5.32 Å². The van der Waals surface area contributed by atoms with E-state index in [1.54, 1.807) is 6.92 Å². The third kappa shape index (κ3) is 3.79. The molecule has 0 bridgehead atoms. The second-order valence-electron chi connectivity index (χ2n) is 6.95. The van der Waals surface area contributed by atoms with Gasteiger partial charge in [-0.3, -0.25) is 9.59 Å². The van der Waals surface area contributed by atoms with Crippen LogP contribution in [0.3, 0.4) is 0 Å². The molecule has 1 aliphatic heterocycles. The normalized spacial score (nSPS) is 21.8. The van der Waals surface area contributed by atoms with Gasteiger partial charge in [-0.25, -0.2) is 12.7 Å². The van der Waals surface area contributed by atoms with Crippen LogP contribution in [0.15, 0.2) is 4.42 Å². The standard InChI is InChI=1S/C17H24N2O5S/c1-11-15(16-13(20)6-3-7-14(16)24-11)17(21)18-9-12-5-4-8-19(10-12)25(2,22)23/h12H,3-10H2,1-2H3,(H,18,21)/t12-/m0/s1. The van der Waals surface area contributed by atoms with Crippen LogP contribution in [0.1, 0.15) is 57.9 Å². The molecule has 1 atom stereocenters. The molecule has 1 amide bonds. The van der Waals surface area contributed by atoms with E-state index in [1.807, 2.05) is 0 Å². The molecule has 2 aliphatic rings. The Labute approximate surface area is 147 Å². The van der Waals surface area contributed by atoms with E-state index in [1.165, 1.54) is 10.6 Å². The Kier molecular flexibility index (Phi) is 5.02. The van der Waals surface area contributed by atoms with Gasteiger partial charge in [0.05, 0.1) is 17.4 Å². The van der Waals surface area contributed by atoms with Crippen molar-refractivity contribution in [1.82, 2.24) is 9.62 Å². The highest BCUT2D eigenvalue weighted by Gasteiger charge is 2.31. The average Bonchev–Trinajstić information content (AvgIpc) is 2.89. The predicted octanol–water partition coefficient (Wildman–Crippen LogP) is 1.51. The zero-order chi connectivity index (χ0) is 18.2. The summed E-state index contributed by atoms with van der Waals surface area (Å²) < 4.78 is 30.4. The summed E-state index contributed by atoms with van der Waals surface area (Å²) in [6.45, 7) is 3.04. The first-order chi connectivity index (χ1) is 11.8. The molecule has 1 aromatic rings. The van der Waals surface area contributed by atoms with Crippen LogP contribution in [0, 0.1) is 12.8 Å². The number of carbonyl (C=O) groups excluding carboxylic acids is 2. The summed E-state index contributed by atoms with van der Waals surface area (Å²) in [5.74, 6) is 0.809. The van der Waals surface area contributed by atoms with Crippen molar-refractivity contribution in [2.45, 2.75) is 39.0 Å². The number of fused-ring (bicyclic) bond motifs is 1. The van der Waals surface area contributed by atoms with Gasteiger partial charge in [0, 0.05) is 32.5 Å². The topological polar surface area (TPSA) is 96.7 Å². The van der Waals surface area contributed by atoms with E-state index in [9.17, 15) is 18.0 Å². The fourth-order valence-corrected chi connectivity index (χ4v) is 4.64. The van der Waals surface area contributed by atoms with Gasteiger partial charge in [-0.1, -0.05) is 0 Å². The zero-order valence-electron chi connectivity index (χ0n) is 14.6. The van der Waals surface area contributed by atoms with Crippen LogP contribution in [-0.4, -0.2) is 50.3 Å². The van der Waals surface area contributed by atoms with Crippen LogP contribution in [0.25, 0.3) is 0 Å². The summed E-state index contributed by atoms with van der Waals surface area (Å²) in [6, 6.07) is 0. The summed E-state index contributed by atoms with van der Waals surface area (Å²) in [6.07, 6.45) is 4.74. The van der Waals surface area contributed by atoms with Crippen molar-refractivity contribution >= 4 is 21.7 Å².